The van der Waals surface area contributed by atoms with Crippen LogP contribution in [0.5, 0.6) is 0 Å². The van der Waals surface area contributed by atoms with Gasteiger partial charge < -0.3 is 10.2 Å². The smallest absolute Gasteiger partial charge is 0.235 e. The van der Waals surface area contributed by atoms with Crippen LogP contribution < -0.4 is 10.2 Å². The molecule has 5 nitrogen and oxygen atoms in total. The molecular formula is C22H23ClN4OS. The van der Waals surface area contributed by atoms with Gasteiger partial charge in [-0.15, -0.1) is 11.3 Å². The van der Waals surface area contributed by atoms with Crippen molar-refractivity contribution in [1.82, 2.24) is 15.2 Å². The molecule has 29 heavy (non-hydrogen) atoms. The molecule has 7 heteroatoms. The van der Waals surface area contributed by atoms with Gasteiger partial charge in [0.1, 0.15) is 11.0 Å². The quantitative estimate of drug-likeness (QED) is 0.650. The summed E-state index contributed by atoms with van der Waals surface area (Å²) in [5, 5.41) is 6.77. The first kappa shape index (κ1) is 19.9. The van der Waals surface area contributed by atoms with Crippen molar-refractivity contribution in [2.24, 2.45) is 0 Å². The Morgan fingerprint density at radius 3 is 2.48 bits per heavy atom. The molecule has 0 bridgehead atoms. The van der Waals surface area contributed by atoms with Crippen molar-refractivity contribution >= 4 is 34.5 Å². The van der Waals surface area contributed by atoms with Crippen molar-refractivity contribution in [2.45, 2.75) is 6.04 Å². The lowest BCUT2D eigenvalue weighted by molar-refractivity contribution is -0.122. The van der Waals surface area contributed by atoms with Gasteiger partial charge in [0.2, 0.25) is 5.91 Å². The third kappa shape index (κ3) is 4.96. The van der Waals surface area contributed by atoms with Gasteiger partial charge >= 0.3 is 0 Å². The van der Waals surface area contributed by atoms with E-state index in [-0.39, 0.29) is 11.9 Å². The molecule has 0 saturated carbocycles. The van der Waals surface area contributed by atoms with Gasteiger partial charge in [0, 0.05) is 37.8 Å². The summed E-state index contributed by atoms with van der Waals surface area (Å²) in [5.74, 6) is 0.0141. The first-order chi connectivity index (χ1) is 14.2. The van der Waals surface area contributed by atoms with E-state index in [0.29, 0.717) is 6.54 Å². The molecule has 1 aliphatic heterocycles. The Hall–Kier alpha value is -2.41. The Morgan fingerprint density at radius 2 is 1.79 bits per heavy atom. The minimum atomic E-state index is -0.215. The Morgan fingerprint density at radius 1 is 1.07 bits per heavy atom. The number of halogens is 1. The van der Waals surface area contributed by atoms with E-state index in [1.807, 2.05) is 60.0 Å². The van der Waals surface area contributed by atoms with Crippen LogP contribution in [0.1, 0.15) is 16.6 Å². The highest BCUT2D eigenvalue weighted by molar-refractivity contribution is 7.09. The van der Waals surface area contributed by atoms with Crippen LogP contribution >= 0.6 is 22.9 Å². The molecule has 1 saturated heterocycles. The second kappa shape index (κ2) is 9.39. The SMILES string of the molecule is O=C(CN1CCN(c2ccccc2Cl)CC1)NC(c1ccccc1)c1nccs1. The molecule has 0 spiro atoms. The van der Waals surface area contributed by atoms with Crippen molar-refractivity contribution in [3.8, 4) is 0 Å². The van der Waals surface area contributed by atoms with Crippen LogP contribution in [0.3, 0.4) is 0 Å². The molecule has 150 valence electrons. The number of para-hydroxylation sites is 1. The van der Waals surface area contributed by atoms with Crippen LogP contribution in [0, 0.1) is 0 Å². The van der Waals surface area contributed by atoms with E-state index in [1.54, 1.807) is 17.5 Å². The number of benzene rings is 2. The fourth-order valence-electron chi connectivity index (χ4n) is 3.57. The predicted octanol–water partition coefficient (Wildman–Crippen LogP) is 3.82. The number of thiazole rings is 1. The van der Waals surface area contributed by atoms with Gasteiger partial charge in [0.25, 0.3) is 0 Å². The maximum atomic E-state index is 12.8. The van der Waals surface area contributed by atoms with Gasteiger partial charge in [-0.3, -0.25) is 9.69 Å². The van der Waals surface area contributed by atoms with Crippen LogP contribution in [0.4, 0.5) is 5.69 Å². The minimum absolute atomic E-state index is 0.0141. The zero-order valence-electron chi connectivity index (χ0n) is 16.0. The van der Waals surface area contributed by atoms with Crippen molar-refractivity contribution in [2.75, 3.05) is 37.6 Å². The van der Waals surface area contributed by atoms with Crippen molar-refractivity contribution < 1.29 is 4.79 Å². The zero-order chi connectivity index (χ0) is 20.1. The molecule has 4 rings (SSSR count). The number of amides is 1. The van der Waals surface area contributed by atoms with Crippen LogP contribution in [0.15, 0.2) is 66.2 Å². The lowest BCUT2D eigenvalue weighted by atomic mass is 10.1. The molecule has 1 atom stereocenters. The topological polar surface area (TPSA) is 48.5 Å². The standard InChI is InChI=1S/C22H23ClN4OS/c23-18-8-4-5-9-19(18)27-13-11-26(12-14-27)16-20(28)25-21(22-24-10-15-29-22)17-6-2-1-3-7-17/h1-10,15,21H,11-14,16H2,(H,25,28). The number of anilines is 1. The van der Waals surface area contributed by atoms with Crippen molar-refractivity contribution in [1.29, 1.82) is 0 Å². The lowest BCUT2D eigenvalue weighted by Gasteiger charge is -2.36. The molecule has 0 radical (unpaired) electrons. The van der Waals surface area contributed by atoms with Crippen LogP contribution in [0.25, 0.3) is 0 Å². The predicted molar refractivity (Wildman–Crippen MR) is 119 cm³/mol. The summed E-state index contributed by atoms with van der Waals surface area (Å²) >= 11 is 7.87. The fourth-order valence-corrected chi connectivity index (χ4v) is 4.54. The third-order valence-corrected chi connectivity index (χ3v) is 6.23. The maximum absolute atomic E-state index is 12.8. The largest absolute Gasteiger partial charge is 0.368 e. The molecule has 3 aromatic rings. The lowest BCUT2D eigenvalue weighted by Crippen LogP contribution is -2.50. The van der Waals surface area contributed by atoms with Crippen LogP contribution in [0.2, 0.25) is 5.02 Å². The van der Waals surface area contributed by atoms with E-state index in [9.17, 15) is 4.79 Å². The Balaban J connectivity index is 1.35. The average molecular weight is 427 g/mol. The summed E-state index contributed by atoms with van der Waals surface area (Å²) in [6, 6.07) is 17.7. The van der Waals surface area contributed by atoms with E-state index < -0.39 is 0 Å². The molecule has 1 amide bonds. The minimum Gasteiger partial charge on any atom is -0.368 e. The summed E-state index contributed by atoms with van der Waals surface area (Å²) < 4.78 is 0. The number of nitrogens with zero attached hydrogens (tertiary/aromatic N) is 3. The highest BCUT2D eigenvalue weighted by atomic mass is 35.5. The summed E-state index contributed by atoms with van der Waals surface area (Å²) in [6.07, 6.45) is 1.77. The number of carbonyl (C=O) groups excluding carboxylic acids is 1. The van der Waals surface area contributed by atoms with E-state index in [2.05, 4.69) is 20.1 Å². The van der Waals surface area contributed by atoms with Gasteiger partial charge in [-0.2, -0.15) is 0 Å². The first-order valence-corrected chi connectivity index (χ1v) is 10.9. The number of hydrogen-bond acceptors (Lipinski definition) is 5. The highest BCUT2D eigenvalue weighted by Crippen LogP contribution is 2.26. The normalized spacial score (nSPS) is 15.8. The zero-order valence-corrected chi connectivity index (χ0v) is 17.6. The van der Waals surface area contributed by atoms with Crippen LogP contribution in [-0.4, -0.2) is 48.5 Å². The van der Waals surface area contributed by atoms with Gasteiger partial charge in [-0.1, -0.05) is 54.1 Å². The molecule has 1 aromatic heterocycles. The molecule has 1 N–H and O–H groups in total. The Kier molecular flexibility index (Phi) is 6.44. The number of aromatic nitrogens is 1. The van der Waals surface area contributed by atoms with Crippen LogP contribution in [-0.2, 0) is 4.79 Å². The Labute approximate surface area is 179 Å². The van der Waals surface area contributed by atoms with Crippen molar-refractivity contribution in [3.63, 3.8) is 0 Å². The van der Waals surface area contributed by atoms with Gasteiger partial charge in [-0.25, -0.2) is 4.98 Å². The average Bonchev–Trinajstić information content (AvgIpc) is 3.28. The monoisotopic (exact) mass is 426 g/mol. The van der Waals surface area contributed by atoms with Gasteiger partial charge in [-0.05, 0) is 17.7 Å². The first-order valence-electron chi connectivity index (χ1n) is 9.66. The Bertz CT molecular complexity index is 927. The van der Waals surface area contributed by atoms with E-state index in [0.717, 1.165) is 47.5 Å². The van der Waals surface area contributed by atoms with Crippen molar-refractivity contribution in [3.05, 3.63) is 81.8 Å². The summed E-state index contributed by atoms with van der Waals surface area (Å²) in [6.45, 7) is 3.74. The van der Waals surface area contributed by atoms with Gasteiger partial charge in [0.05, 0.1) is 17.3 Å². The number of piperazine rings is 1. The maximum Gasteiger partial charge on any atom is 0.235 e. The molecule has 2 heterocycles. The van der Waals surface area contributed by atoms with E-state index in [1.165, 1.54) is 0 Å². The van der Waals surface area contributed by atoms with E-state index >= 15 is 0 Å². The fraction of sp³-hybridized carbons (Fsp3) is 0.273. The number of hydrogen-bond donors (Lipinski definition) is 1. The second-order valence-electron chi connectivity index (χ2n) is 7.00. The highest BCUT2D eigenvalue weighted by Gasteiger charge is 2.23. The molecule has 1 fully saturated rings. The number of rotatable bonds is 6. The molecule has 0 aliphatic carbocycles. The van der Waals surface area contributed by atoms with Gasteiger partial charge in [0.15, 0.2) is 0 Å². The number of nitrogens with one attached hydrogen (secondary N) is 1. The summed E-state index contributed by atoms with van der Waals surface area (Å²) in [5.41, 5.74) is 2.10. The number of carbonyl (C=O) groups is 1. The third-order valence-electron chi connectivity index (χ3n) is 5.07. The second-order valence-corrected chi connectivity index (χ2v) is 8.33. The summed E-state index contributed by atoms with van der Waals surface area (Å²) in [7, 11) is 0. The molecular weight excluding hydrogens is 404 g/mol. The van der Waals surface area contributed by atoms with E-state index in [4.69, 9.17) is 11.6 Å². The molecule has 1 aliphatic rings. The summed E-state index contributed by atoms with van der Waals surface area (Å²) in [4.78, 5) is 21.7. The molecule has 2 aromatic carbocycles. The molecule has 1 unspecified atom stereocenters.